The summed E-state index contributed by atoms with van der Waals surface area (Å²) in [6.45, 7) is 20.1. The fraction of sp³-hybridized carbons (Fsp3) is 0.567. The fourth-order valence-electron chi connectivity index (χ4n) is 1.09. The Morgan fingerprint density at radius 2 is 0.727 bits per heavy atom. The maximum Gasteiger partial charge on any atom is 0.219 e. The monoisotopic (exact) mass is 466 g/mol. The largest absolute Gasteiger partial charge is 0.356 e. The van der Waals surface area contributed by atoms with E-state index in [0.717, 1.165) is 13.1 Å². The summed E-state index contributed by atoms with van der Waals surface area (Å²) in [5.41, 5.74) is 0. The van der Waals surface area contributed by atoms with Crippen LogP contribution >= 0.6 is 0 Å². The Morgan fingerprint density at radius 1 is 0.545 bits per heavy atom. The Hall–Kier alpha value is -2.13. The Morgan fingerprint density at radius 3 is 0.788 bits per heavy atom. The van der Waals surface area contributed by atoms with Crippen molar-refractivity contribution in [3.05, 3.63) is 72.8 Å². The Balaban J connectivity index is -0.0000000491. The molecule has 2 N–H and O–H groups in total. The zero-order valence-corrected chi connectivity index (χ0v) is 22.4. The lowest BCUT2D eigenvalue weighted by Gasteiger charge is -1.93. The third kappa shape index (κ3) is 92.1. The average Bonchev–Trinajstić information content (AvgIpc) is 2.85. The van der Waals surface area contributed by atoms with E-state index in [1.165, 1.54) is 12.8 Å². The lowest BCUT2D eigenvalue weighted by molar-refractivity contribution is -0.120. The minimum atomic E-state index is 0. The molecule has 1 amide bonds. The fourth-order valence-corrected chi connectivity index (χ4v) is 1.09. The minimum Gasteiger partial charge on any atom is -0.356 e. The highest BCUT2D eigenvalue weighted by molar-refractivity contribution is 5.75. The van der Waals surface area contributed by atoms with Crippen molar-refractivity contribution >= 4 is 5.91 Å². The molecule has 0 radical (unpaired) electrons. The smallest absolute Gasteiger partial charge is 0.219 e. The first-order valence-electron chi connectivity index (χ1n) is 12.0. The van der Waals surface area contributed by atoms with E-state index in [0.29, 0.717) is 6.42 Å². The number of amides is 1. The number of hydrogen-bond acceptors (Lipinski definition) is 2. The standard InChI is InChI=1S/2C6H6.C5H11NO.C3H9N.2C3H8.C2H6.2CH4/c2*1-2-4-6-5-3-1;1-3-5(7)6-4-2;1-3-4-2;2*1-3-2;1-2;;/h2*1-6H;3-4H2,1-2H3,(H,6,7);4H,3H2,1-2H3;2*3H2,1-2H3;1-2H3;2*1H4. The van der Waals surface area contributed by atoms with Crippen LogP contribution in [0.4, 0.5) is 0 Å². The lowest BCUT2D eigenvalue weighted by atomic mass is 10.4. The summed E-state index contributed by atoms with van der Waals surface area (Å²) in [6.07, 6.45) is 3.09. The second-order valence-electron chi connectivity index (χ2n) is 5.74. The van der Waals surface area contributed by atoms with Gasteiger partial charge in [0.25, 0.3) is 0 Å². The summed E-state index contributed by atoms with van der Waals surface area (Å²) >= 11 is 0. The van der Waals surface area contributed by atoms with Crippen LogP contribution in [0.15, 0.2) is 72.8 Å². The molecule has 0 heterocycles. The van der Waals surface area contributed by atoms with Gasteiger partial charge >= 0.3 is 0 Å². The molecular formula is C30H62N2O. The van der Waals surface area contributed by atoms with Crippen LogP contribution in [0.25, 0.3) is 0 Å². The van der Waals surface area contributed by atoms with Crippen LogP contribution in [0.2, 0.25) is 0 Å². The average molecular weight is 467 g/mol. The molecule has 0 fully saturated rings. The summed E-state index contributed by atoms with van der Waals surface area (Å²) in [6, 6.07) is 24.0. The van der Waals surface area contributed by atoms with Crippen molar-refractivity contribution in [3.63, 3.8) is 0 Å². The summed E-state index contributed by atoms with van der Waals surface area (Å²) in [7, 11) is 1.93. The summed E-state index contributed by atoms with van der Waals surface area (Å²) in [5.74, 6) is 0.127. The number of rotatable bonds is 3. The maximum absolute atomic E-state index is 10.3. The van der Waals surface area contributed by atoms with E-state index in [1.54, 1.807) is 0 Å². The van der Waals surface area contributed by atoms with E-state index in [9.17, 15) is 4.79 Å². The van der Waals surface area contributed by atoms with Crippen molar-refractivity contribution in [1.82, 2.24) is 10.6 Å². The van der Waals surface area contributed by atoms with Gasteiger partial charge in [-0.2, -0.15) is 0 Å². The molecule has 0 aliphatic heterocycles. The quantitative estimate of drug-likeness (QED) is 0.473. The Bertz CT molecular complexity index is 358. The molecule has 0 saturated heterocycles. The third-order valence-corrected chi connectivity index (χ3v) is 2.38. The molecule has 0 aliphatic rings. The van der Waals surface area contributed by atoms with Gasteiger partial charge in [-0.25, -0.2) is 0 Å². The second-order valence-corrected chi connectivity index (χ2v) is 5.74. The second kappa shape index (κ2) is 63.1. The zero-order chi connectivity index (χ0) is 25.0. The summed E-state index contributed by atoms with van der Waals surface area (Å²) in [4.78, 5) is 10.3. The van der Waals surface area contributed by atoms with Crippen LogP contribution in [-0.4, -0.2) is 26.0 Å². The van der Waals surface area contributed by atoms with Crippen LogP contribution in [-0.2, 0) is 4.79 Å². The molecule has 0 unspecified atom stereocenters. The SMILES string of the molecule is C.C.CC.CCC.CCC.CCNC.CCNC(=O)CC.c1ccccc1.c1ccccc1. The van der Waals surface area contributed by atoms with Crippen LogP contribution < -0.4 is 10.6 Å². The van der Waals surface area contributed by atoms with Gasteiger partial charge in [-0.1, -0.05) is 156 Å². The van der Waals surface area contributed by atoms with E-state index in [-0.39, 0.29) is 20.8 Å². The minimum absolute atomic E-state index is 0. The zero-order valence-electron chi connectivity index (χ0n) is 22.4. The normalized spacial score (nSPS) is 6.85. The van der Waals surface area contributed by atoms with Crippen molar-refractivity contribution in [2.24, 2.45) is 0 Å². The van der Waals surface area contributed by atoms with Gasteiger partial charge in [-0.3, -0.25) is 4.79 Å². The predicted octanol–water partition coefficient (Wildman–Crippen LogP) is 9.26. The Labute approximate surface area is 210 Å². The number of nitrogens with one attached hydrogen (secondary N) is 2. The van der Waals surface area contributed by atoms with Gasteiger partial charge in [0.2, 0.25) is 5.91 Å². The third-order valence-electron chi connectivity index (χ3n) is 2.38. The van der Waals surface area contributed by atoms with Gasteiger partial charge in [-0.15, -0.1) is 0 Å². The van der Waals surface area contributed by atoms with Gasteiger partial charge in [-0.05, 0) is 20.5 Å². The number of hydrogen-bond donors (Lipinski definition) is 2. The van der Waals surface area contributed by atoms with Crippen molar-refractivity contribution < 1.29 is 4.79 Å². The van der Waals surface area contributed by atoms with Gasteiger partial charge in [0.1, 0.15) is 0 Å². The van der Waals surface area contributed by atoms with Gasteiger partial charge in [0.15, 0.2) is 0 Å². The maximum atomic E-state index is 10.3. The summed E-state index contributed by atoms with van der Waals surface area (Å²) < 4.78 is 0. The van der Waals surface area contributed by atoms with Crippen molar-refractivity contribution in [2.45, 2.75) is 96.4 Å². The highest BCUT2D eigenvalue weighted by atomic mass is 16.1. The van der Waals surface area contributed by atoms with Gasteiger partial charge < -0.3 is 10.6 Å². The van der Waals surface area contributed by atoms with Crippen LogP contribution in [0.3, 0.4) is 0 Å². The van der Waals surface area contributed by atoms with Crippen LogP contribution in [0, 0.1) is 0 Å². The Kier molecular flexibility index (Phi) is 92.4. The molecule has 2 aromatic carbocycles. The molecule has 0 spiro atoms. The topological polar surface area (TPSA) is 41.1 Å². The lowest BCUT2D eigenvalue weighted by Crippen LogP contribution is -2.20. The molecule has 198 valence electrons. The molecule has 3 heteroatoms. The molecule has 2 rings (SSSR count). The van der Waals surface area contributed by atoms with E-state index >= 15 is 0 Å². The molecule has 0 bridgehead atoms. The van der Waals surface area contributed by atoms with E-state index in [2.05, 4.69) is 45.3 Å². The molecule has 0 atom stereocenters. The molecule has 0 aromatic heterocycles. The van der Waals surface area contributed by atoms with E-state index in [1.807, 2.05) is 108 Å². The van der Waals surface area contributed by atoms with E-state index in [4.69, 9.17) is 0 Å². The highest BCUT2D eigenvalue weighted by Crippen LogP contribution is 1.80. The van der Waals surface area contributed by atoms with Gasteiger partial charge in [0.05, 0.1) is 0 Å². The molecule has 2 aromatic rings. The van der Waals surface area contributed by atoms with Crippen molar-refractivity contribution in [3.8, 4) is 0 Å². The number of benzene rings is 2. The first-order valence-corrected chi connectivity index (χ1v) is 12.0. The highest BCUT2D eigenvalue weighted by Gasteiger charge is 1.88. The molecule has 33 heavy (non-hydrogen) atoms. The number of carbonyl (C=O) groups excluding carboxylic acids is 1. The van der Waals surface area contributed by atoms with Crippen LogP contribution in [0.5, 0.6) is 0 Å². The predicted molar refractivity (Wildman–Crippen MR) is 158 cm³/mol. The van der Waals surface area contributed by atoms with Crippen molar-refractivity contribution in [1.29, 1.82) is 0 Å². The first kappa shape index (κ1) is 48.3. The molecule has 0 aliphatic carbocycles. The van der Waals surface area contributed by atoms with Crippen LogP contribution in [0.1, 0.15) is 96.4 Å². The number of carbonyl (C=O) groups is 1. The first-order chi connectivity index (χ1) is 15.1. The summed E-state index contributed by atoms with van der Waals surface area (Å²) in [5, 5.41) is 5.59. The molecule has 0 saturated carbocycles. The van der Waals surface area contributed by atoms with E-state index < -0.39 is 0 Å². The molecular weight excluding hydrogens is 404 g/mol. The van der Waals surface area contributed by atoms with Gasteiger partial charge in [0, 0.05) is 13.0 Å². The van der Waals surface area contributed by atoms with Crippen molar-refractivity contribution in [2.75, 3.05) is 20.1 Å². The molecule has 3 nitrogen and oxygen atoms in total.